The molecule has 6 heteroatoms. The fourth-order valence-corrected chi connectivity index (χ4v) is 7.05. The Morgan fingerprint density at radius 2 is 1.85 bits per heavy atom. The van der Waals surface area contributed by atoms with Crippen molar-refractivity contribution in [2.75, 3.05) is 39.3 Å². The summed E-state index contributed by atoms with van der Waals surface area (Å²) in [6, 6.07) is 15.8. The molecule has 5 aliphatic heterocycles. The minimum atomic E-state index is 0.0361. The van der Waals surface area contributed by atoms with Crippen molar-refractivity contribution in [3.05, 3.63) is 70.1 Å². The molecule has 0 radical (unpaired) electrons. The van der Waals surface area contributed by atoms with Crippen molar-refractivity contribution in [1.29, 1.82) is 0 Å². The van der Waals surface area contributed by atoms with Gasteiger partial charge < -0.3 is 14.8 Å². The fourth-order valence-electron chi connectivity index (χ4n) is 7.05. The molecular formula is C27H34N4O2. The number of carbonyl (C=O) groups excluding carboxylic acids is 1. The third-order valence-electron chi connectivity index (χ3n) is 8.60. The third-order valence-corrected chi connectivity index (χ3v) is 8.60. The van der Waals surface area contributed by atoms with E-state index in [1.807, 2.05) is 41.0 Å². The van der Waals surface area contributed by atoms with Gasteiger partial charge in [0, 0.05) is 68.6 Å². The molecule has 6 nitrogen and oxygen atoms in total. The zero-order chi connectivity index (χ0) is 22.4. The average molecular weight is 447 g/mol. The second-order valence-electron chi connectivity index (χ2n) is 10.7. The molecule has 0 spiro atoms. The molecule has 4 saturated heterocycles. The summed E-state index contributed by atoms with van der Waals surface area (Å²) < 4.78 is 2.03. The van der Waals surface area contributed by atoms with Crippen LogP contribution in [-0.2, 0) is 6.54 Å². The number of amides is 1. The second kappa shape index (κ2) is 8.73. The summed E-state index contributed by atoms with van der Waals surface area (Å²) >= 11 is 0. The molecule has 1 amide bonds. The molecule has 6 heterocycles. The number of hydrogen-bond acceptors (Lipinski definition) is 4. The fraction of sp³-hybridized carbons (Fsp3) is 0.556. The lowest BCUT2D eigenvalue weighted by atomic mass is 9.74. The molecule has 7 rings (SSSR count). The van der Waals surface area contributed by atoms with Crippen LogP contribution in [0.25, 0.3) is 0 Å². The molecule has 1 N–H and O–H groups in total. The Morgan fingerprint density at radius 3 is 2.67 bits per heavy atom. The number of nitrogens with zero attached hydrogens (tertiary/aromatic N) is 3. The molecule has 33 heavy (non-hydrogen) atoms. The van der Waals surface area contributed by atoms with Gasteiger partial charge in [-0.25, -0.2) is 0 Å². The summed E-state index contributed by atoms with van der Waals surface area (Å²) in [6.07, 6.45) is 3.70. The number of piperidine rings is 4. The Kier molecular flexibility index (Phi) is 5.59. The van der Waals surface area contributed by atoms with Crippen molar-refractivity contribution < 1.29 is 4.79 Å². The van der Waals surface area contributed by atoms with Gasteiger partial charge in [0.2, 0.25) is 0 Å². The highest BCUT2D eigenvalue weighted by Crippen LogP contribution is 2.39. The summed E-state index contributed by atoms with van der Waals surface area (Å²) in [4.78, 5) is 30.1. The van der Waals surface area contributed by atoms with E-state index in [2.05, 4.69) is 21.2 Å². The Labute approximate surface area is 195 Å². The van der Waals surface area contributed by atoms with Crippen LogP contribution in [0, 0.1) is 17.8 Å². The summed E-state index contributed by atoms with van der Waals surface area (Å²) in [5.74, 6) is 2.60. The van der Waals surface area contributed by atoms with Crippen LogP contribution in [0.4, 0.5) is 0 Å². The number of aromatic nitrogens is 1. The molecule has 2 aromatic rings. The van der Waals surface area contributed by atoms with Crippen LogP contribution < -0.4 is 10.9 Å². The van der Waals surface area contributed by atoms with Gasteiger partial charge in [0.15, 0.2) is 0 Å². The Bertz CT molecular complexity index is 1070. The first-order valence-corrected chi connectivity index (χ1v) is 12.6. The van der Waals surface area contributed by atoms with E-state index in [9.17, 15) is 9.59 Å². The van der Waals surface area contributed by atoms with Crippen molar-refractivity contribution in [1.82, 2.24) is 19.7 Å². The lowest BCUT2D eigenvalue weighted by Crippen LogP contribution is -2.59. The minimum Gasteiger partial charge on any atom is -0.350 e. The summed E-state index contributed by atoms with van der Waals surface area (Å²) in [7, 11) is 0. The van der Waals surface area contributed by atoms with Gasteiger partial charge in [-0.15, -0.1) is 0 Å². The molecule has 0 aliphatic carbocycles. The SMILES string of the molecule is O=C(NC[C@H]1C[C@@H]2CCN1C[C@@H]2CN1C[C@@H]2C[C@H](C1)c1cccc(=O)n1C2)c1ccccc1. The first kappa shape index (κ1) is 21.1. The molecular weight excluding hydrogens is 412 g/mol. The van der Waals surface area contributed by atoms with Crippen molar-refractivity contribution in [3.8, 4) is 0 Å². The van der Waals surface area contributed by atoms with Crippen molar-refractivity contribution in [2.45, 2.75) is 37.8 Å². The number of hydrogen-bond donors (Lipinski definition) is 1. The molecule has 0 saturated carbocycles. The van der Waals surface area contributed by atoms with Gasteiger partial charge in [-0.05, 0) is 61.8 Å². The summed E-state index contributed by atoms with van der Waals surface area (Å²) in [5.41, 5.74) is 2.15. The monoisotopic (exact) mass is 446 g/mol. The van der Waals surface area contributed by atoms with Crippen LogP contribution in [0.5, 0.6) is 0 Å². The predicted molar refractivity (Wildman–Crippen MR) is 128 cm³/mol. The largest absolute Gasteiger partial charge is 0.350 e. The summed E-state index contributed by atoms with van der Waals surface area (Å²) in [6.45, 7) is 7.32. The van der Waals surface area contributed by atoms with Crippen LogP contribution in [0.3, 0.4) is 0 Å². The highest BCUT2D eigenvalue weighted by Gasteiger charge is 2.42. The highest BCUT2D eigenvalue weighted by atomic mass is 16.1. The molecule has 1 aromatic heterocycles. The zero-order valence-corrected chi connectivity index (χ0v) is 19.2. The predicted octanol–water partition coefficient (Wildman–Crippen LogP) is 2.41. The maximum atomic E-state index is 12.5. The van der Waals surface area contributed by atoms with Crippen LogP contribution in [0.15, 0.2) is 53.3 Å². The number of carbonyl (C=O) groups is 1. The van der Waals surface area contributed by atoms with Gasteiger partial charge in [-0.1, -0.05) is 24.3 Å². The van der Waals surface area contributed by atoms with Crippen LogP contribution >= 0.6 is 0 Å². The van der Waals surface area contributed by atoms with E-state index in [4.69, 9.17) is 0 Å². The van der Waals surface area contributed by atoms with Gasteiger partial charge in [0.05, 0.1) is 0 Å². The number of nitrogens with one attached hydrogen (secondary N) is 1. The Hall–Kier alpha value is -2.44. The quantitative estimate of drug-likeness (QED) is 0.767. The van der Waals surface area contributed by atoms with E-state index in [0.717, 1.165) is 56.7 Å². The molecule has 1 unspecified atom stereocenters. The standard InChI is InChI=1S/C27H34N4O2/c32-26-8-4-7-25-22-11-19(15-31(25)26)14-29(16-22)17-23-18-30-10-9-21(23)12-24(30)13-28-27(33)20-5-2-1-3-6-20/h1-8,19,21-24H,9-18H2,(H,28,33)/t19-,21-,22+,23-,24+/m0/s1. The maximum absolute atomic E-state index is 12.5. The zero-order valence-electron chi connectivity index (χ0n) is 19.2. The van der Waals surface area contributed by atoms with E-state index < -0.39 is 0 Å². The third kappa shape index (κ3) is 4.15. The molecule has 4 bridgehead atoms. The van der Waals surface area contributed by atoms with Crippen molar-refractivity contribution >= 4 is 5.91 Å². The number of likely N-dealkylation sites (tertiary alicyclic amines) is 1. The van der Waals surface area contributed by atoms with E-state index >= 15 is 0 Å². The second-order valence-corrected chi connectivity index (χ2v) is 10.7. The lowest BCUT2D eigenvalue weighted by Gasteiger charge is -2.52. The molecule has 6 atom stereocenters. The van der Waals surface area contributed by atoms with Crippen molar-refractivity contribution in [3.63, 3.8) is 0 Å². The van der Waals surface area contributed by atoms with Gasteiger partial charge in [0.1, 0.15) is 0 Å². The first-order valence-electron chi connectivity index (χ1n) is 12.6. The number of fused-ring (bicyclic) bond motifs is 7. The van der Waals surface area contributed by atoms with Crippen LogP contribution in [0.2, 0.25) is 0 Å². The van der Waals surface area contributed by atoms with Gasteiger partial charge in [0.25, 0.3) is 11.5 Å². The number of pyridine rings is 1. The van der Waals surface area contributed by atoms with Gasteiger partial charge in [-0.3, -0.25) is 14.5 Å². The highest BCUT2D eigenvalue weighted by molar-refractivity contribution is 5.94. The Morgan fingerprint density at radius 1 is 0.970 bits per heavy atom. The van der Waals surface area contributed by atoms with Gasteiger partial charge in [-0.2, -0.15) is 0 Å². The lowest BCUT2D eigenvalue weighted by molar-refractivity contribution is -0.0197. The normalized spacial score (nSPS) is 32.8. The average Bonchev–Trinajstić information content (AvgIpc) is 2.84. The minimum absolute atomic E-state index is 0.0361. The van der Waals surface area contributed by atoms with Crippen molar-refractivity contribution in [2.24, 2.45) is 17.8 Å². The van der Waals surface area contributed by atoms with Crippen LogP contribution in [-0.4, -0.2) is 65.6 Å². The van der Waals surface area contributed by atoms with Gasteiger partial charge >= 0.3 is 0 Å². The molecule has 174 valence electrons. The molecule has 5 aliphatic rings. The van der Waals surface area contributed by atoms with E-state index in [1.165, 1.54) is 31.5 Å². The smallest absolute Gasteiger partial charge is 0.251 e. The van der Waals surface area contributed by atoms with E-state index in [1.54, 1.807) is 6.07 Å². The molecule has 1 aromatic carbocycles. The van der Waals surface area contributed by atoms with E-state index in [0.29, 0.717) is 17.9 Å². The van der Waals surface area contributed by atoms with E-state index in [-0.39, 0.29) is 11.5 Å². The Balaban J connectivity index is 1.05. The first-order chi connectivity index (χ1) is 16.1. The summed E-state index contributed by atoms with van der Waals surface area (Å²) in [5, 5.41) is 3.17. The number of rotatable bonds is 5. The maximum Gasteiger partial charge on any atom is 0.251 e. The molecule has 4 fully saturated rings. The number of benzene rings is 1. The van der Waals surface area contributed by atoms with Crippen LogP contribution in [0.1, 0.15) is 41.2 Å². The topological polar surface area (TPSA) is 57.6 Å².